The SMILES string of the molecule is CN1CCc2ccc(NC(=O)c3cccc(CNC(=O)c4cc(-n5cnnc5)ccc4Cl)c3)cc2C1. The summed E-state index contributed by atoms with van der Waals surface area (Å²) in [5.74, 6) is -0.513. The van der Waals surface area contributed by atoms with Crippen LogP contribution in [0.1, 0.15) is 37.4 Å². The number of anilines is 1. The topological polar surface area (TPSA) is 92.2 Å². The fraction of sp³-hybridized carbons (Fsp3) is 0.185. The second-order valence-electron chi connectivity index (χ2n) is 8.84. The largest absolute Gasteiger partial charge is 0.348 e. The van der Waals surface area contributed by atoms with Gasteiger partial charge < -0.3 is 15.5 Å². The molecule has 0 aliphatic carbocycles. The van der Waals surface area contributed by atoms with Crippen LogP contribution < -0.4 is 10.6 Å². The molecule has 8 nitrogen and oxygen atoms in total. The van der Waals surface area contributed by atoms with Gasteiger partial charge in [0.2, 0.25) is 0 Å². The standard InChI is InChI=1S/C27H25ClN6O2/c1-33-10-9-19-5-6-22(12-21(19)15-33)32-26(35)20-4-2-3-18(11-20)14-29-27(36)24-13-23(7-8-25(24)28)34-16-30-31-17-34/h2-8,11-13,16-17H,9-10,14-15H2,1H3,(H,29,36)(H,32,35). The molecule has 0 radical (unpaired) electrons. The molecule has 4 aromatic rings. The highest BCUT2D eigenvalue weighted by Crippen LogP contribution is 2.23. The predicted octanol–water partition coefficient (Wildman–Crippen LogP) is 4.09. The van der Waals surface area contributed by atoms with E-state index in [4.69, 9.17) is 11.6 Å². The molecule has 0 unspecified atom stereocenters. The number of benzene rings is 3. The first-order valence-electron chi connectivity index (χ1n) is 11.6. The summed E-state index contributed by atoms with van der Waals surface area (Å²) in [5, 5.41) is 13.8. The minimum atomic E-state index is -0.316. The minimum Gasteiger partial charge on any atom is -0.348 e. The monoisotopic (exact) mass is 500 g/mol. The highest BCUT2D eigenvalue weighted by atomic mass is 35.5. The summed E-state index contributed by atoms with van der Waals surface area (Å²) in [6.45, 7) is 2.17. The summed E-state index contributed by atoms with van der Waals surface area (Å²) >= 11 is 6.27. The van der Waals surface area contributed by atoms with Gasteiger partial charge in [-0.25, -0.2) is 0 Å². The van der Waals surface area contributed by atoms with E-state index in [-0.39, 0.29) is 18.4 Å². The van der Waals surface area contributed by atoms with Gasteiger partial charge in [-0.3, -0.25) is 14.2 Å². The molecule has 1 aliphatic heterocycles. The van der Waals surface area contributed by atoms with Gasteiger partial charge in [-0.15, -0.1) is 10.2 Å². The maximum Gasteiger partial charge on any atom is 0.255 e. The zero-order chi connectivity index (χ0) is 25.1. The Morgan fingerprint density at radius 2 is 1.81 bits per heavy atom. The second-order valence-corrected chi connectivity index (χ2v) is 9.25. The number of carbonyl (C=O) groups is 2. The molecule has 1 aliphatic rings. The number of hydrogen-bond acceptors (Lipinski definition) is 5. The summed E-state index contributed by atoms with van der Waals surface area (Å²) in [6, 6.07) is 18.4. The summed E-state index contributed by atoms with van der Waals surface area (Å²) in [5.41, 5.74) is 5.73. The fourth-order valence-electron chi connectivity index (χ4n) is 4.26. The molecular weight excluding hydrogens is 476 g/mol. The van der Waals surface area contributed by atoms with Crippen molar-refractivity contribution >= 4 is 29.1 Å². The molecule has 3 aromatic carbocycles. The van der Waals surface area contributed by atoms with Gasteiger partial charge in [-0.05, 0) is 72.6 Å². The Labute approximate surface area is 213 Å². The summed E-state index contributed by atoms with van der Waals surface area (Å²) in [6.07, 6.45) is 4.11. The lowest BCUT2D eigenvalue weighted by Gasteiger charge is -2.25. The van der Waals surface area contributed by atoms with Gasteiger partial charge in [-0.1, -0.05) is 29.8 Å². The molecule has 2 heterocycles. The van der Waals surface area contributed by atoms with E-state index in [9.17, 15) is 9.59 Å². The van der Waals surface area contributed by atoms with Crippen molar-refractivity contribution in [3.63, 3.8) is 0 Å². The van der Waals surface area contributed by atoms with Crippen LogP contribution in [0.15, 0.2) is 73.3 Å². The van der Waals surface area contributed by atoms with Crippen LogP contribution in [-0.2, 0) is 19.5 Å². The first kappa shape index (κ1) is 23.7. The maximum absolute atomic E-state index is 12.9. The number of amides is 2. The van der Waals surface area contributed by atoms with Crippen molar-refractivity contribution in [2.45, 2.75) is 19.5 Å². The van der Waals surface area contributed by atoms with Gasteiger partial charge in [0, 0.05) is 36.6 Å². The molecule has 5 rings (SSSR count). The van der Waals surface area contributed by atoms with Gasteiger partial charge in [0.1, 0.15) is 12.7 Å². The lowest BCUT2D eigenvalue weighted by Crippen LogP contribution is -2.26. The lowest BCUT2D eigenvalue weighted by atomic mass is 9.99. The van der Waals surface area contributed by atoms with Crippen molar-refractivity contribution in [1.82, 2.24) is 25.0 Å². The van der Waals surface area contributed by atoms with Gasteiger partial charge in [0.25, 0.3) is 11.8 Å². The van der Waals surface area contributed by atoms with Crippen LogP contribution in [0.25, 0.3) is 5.69 Å². The second kappa shape index (κ2) is 10.3. The van der Waals surface area contributed by atoms with E-state index in [1.54, 1.807) is 53.6 Å². The van der Waals surface area contributed by atoms with Gasteiger partial charge in [0.05, 0.1) is 10.6 Å². The zero-order valence-electron chi connectivity index (χ0n) is 19.7. The molecule has 0 bridgehead atoms. The number of likely N-dealkylation sites (N-methyl/N-ethyl adjacent to an activating group) is 1. The Morgan fingerprint density at radius 3 is 2.64 bits per heavy atom. The molecule has 0 spiro atoms. The van der Waals surface area contributed by atoms with E-state index >= 15 is 0 Å². The van der Waals surface area contributed by atoms with E-state index < -0.39 is 0 Å². The normalized spacial score (nSPS) is 13.2. The Hall–Kier alpha value is -4.01. The first-order chi connectivity index (χ1) is 17.5. The fourth-order valence-corrected chi connectivity index (χ4v) is 4.46. The lowest BCUT2D eigenvalue weighted by molar-refractivity contribution is 0.0950. The zero-order valence-corrected chi connectivity index (χ0v) is 20.5. The third-order valence-corrected chi connectivity index (χ3v) is 6.55. The summed E-state index contributed by atoms with van der Waals surface area (Å²) in [7, 11) is 2.10. The molecule has 36 heavy (non-hydrogen) atoms. The number of aromatic nitrogens is 3. The average molecular weight is 501 g/mol. The molecule has 9 heteroatoms. The highest BCUT2D eigenvalue weighted by Gasteiger charge is 2.15. The number of hydrogen-bond donors (Lipinski definition) is 2. The van der Waals surface area contributed by atoms with Crippen LogP contribution in [0, 0.1) is 0 Å². The molecule has 0 fully saturated rings. The Balaban J connectivity index is 1.24. The number of nitrogens with zero attached hydrogens (tertiary/aromatic N) is 4. The number of halogens is 1. The van der Waals surface area contributed by atoms with E-state index in [2.05, 4.69) is 38.8 Å². The van der Waals surface area contributed by atoms with Crippen LogP contribution in [0.2, 0.25) is 5.02 Å². The number of carbonyl (C=O) groups excluding carboxylic acids is 2. The third kappa shape index (κ3) is 5.30. The van der Waals surface area contributed by atoms with Crippen molar-refractivity contribution in [2.75, 3.05) is 18.9 Å². The van der Waals surface area contributed by atoms with Crippen LogP contribution >= 0.6 is 11.6 Å². The minimum absolute atomic E-state index is 0.197. The van der Waals surface area contributed by atoms with Crippen LogP contribution in [-0.4, -0.2) is 45.1 Å². The average Bonchev–Trinajstić information content (AvgIpc) is 3.42. The van der Waals surface area contributed by atoms with E-state index in [1.807, 2.05) is 18.2 Å². The van der Waals surface area contributed by atoms with Gasteiger partial charge >= 0.3 is 0 Å². The molecule has 0 saturated carbocycles. The van der Waals surface area contributed by atoms with Crippen molar-refractivity contribution in [2.24, 2.45) is 0 Å². The van der Waals surface area contributed by atoms with E-state index in [0.717, 1.165) is 36.4 Å². The van der Waals surface area contributed by atoms with Crippen LogP contribution in [0.3, 0.4) is 0 Å². The van der Waals surface area contributed by atoms with E-state index in [0.29, 0.717) is 16.1 Å². The highest BCUT2D eigenvalue weighted by molar-refractivity contribution is 6.33. The summed E-state index contributed by atoms with van der Waals surface area (Å²) < 4.78 is 1.69. The molecule has 0 saturated heterocycles. The molecule has 182 valence electrons. The predicted molar refractivity (Wildman–Crippen MR) is 138 cm³/mol. The van der Waals surface area contributed by atoms with Crippen LogP contribution in [0.5, 0.6) is 0 Å². The molecule has 2 N–H and O–H groups in total. The maximum atomic E-state index is 12.9. The third-order valence-electron chi connectivity index (χ3n) is 6.22. The van der Waals surface area contributed by atoms with Crippen molar-refractivity contribution in [3.8, 4) is 5.69 Å². The van der Waals surface area contributed by atoms with E-state index in [1.165, 1.54) is 11.1 Å². The Kier molecular flexibility index (Phi) is 6.79. The molecule has 2 amide bonds. The molecular formula is C27H25ClN6O2. The van der Waals surface area contributed by atoms with Crippen molar-refractivity contribution in [1.29, 1.82) is 0 Å². The van der Waals surface area contributed by atoms with Crippen LogP contribution in [0.4, 0.5) is 5.69 Å². The quantitative estimate of drug-likeness (QED) is 0.416. The number of nitrogens with one attached hydrogen (secondary N) is 2. The molecule has 1 aromatic heterocycles. The van der Waals surface area contributed by atoms with Gasteiger partial charge in [0.15, 0.2) is 0 Å². The van der Waals surface area contributed by atoms with Crippen molar-refractivity contribution in [3.05, 3.63) is 106 Å². The smallest absolute Gasteiger partial charge is 0.255 e. The van der Waals surface area contributed by atoms with Crippen molar-refractivity contribution < 1.29 is 9.59 Å². The Bertz CT molecular complexity index is 1420. The first-order valence-corrected chi connectivity index (χ1v) is 12.0. The van der Waals surface area contributed by atoms with Gasteiger partial charge in [-0.2, -0.15) is 0 Å². The summed E-state index contributed by atoms with van der Waals surface area (Å²) in [4.78, 5) is 28.0. The Morgan fingerprint density at radius 1 is 0.972 bits per heavy atom. The number of fused-ring (bicyclic) bond motifs is 1. The molecule has 0 atom stereocenters. The number of rotatable bonds is 6.